The van der Waals surface area contributed by atoms with E-state index in [9.17, 15) is 4.79 Å². The fourth-order valence-electron chi connectivity index (χ4n) is 0.883. The van der Waals surface area contributed by atoms with Gasteiger partial charge in [-0.1, -0.05) is 0 Å². The first-order chi connectivity index (χ1) is 5.68. The molecule has 0 bridgehead atoms. The minimum Gasteiger partial charge on any atom is -0.385 e. The molecule has 0 aliphatic carbocycles. The fourth-order valence-corrected chi connectivity index (χ4v) is 1.11. The van der Waals surface area contributed by atoms with E-state index < -0.39 is 5.56 Å². The SMILES string of the molecule is Nc1cc(=O)nc2n1C(=S)N=N2. The lowest BCUT2D eigenvalue weighted by Gasteiger charge is -2.01. The Morgan fingerprint density at radius 3 is 3.00 bits per heavy atom. The van der Waals surface area contributed by atoms with E-state index in [0.29, 0.717) is 0 Å². The Labute approximate surface area is 71.7 Å². The van der Waals surface area contributed by atoms with Crippen molar-refractivity contribution in [3.8, 4) is 0 Å². The summed E-state index contributed by atoms with van der Waals surface area (Å²) in [7, 11) is 0. The third-order valence-electron chi connectivity index (χ3n) is 1.36. The first-order valence-electron chi connectivity index (χ1n) is 3.04. The number of anilines is 1. The zero-order valence-corrected chi connectivity index (χ0v) is 6.58. The Bertz CT molecular complexity index is 448. The summed E-state index contributed by atoms with van der Waals surface area (Å²) in [6.07, 6.45) is 0. The molecule has 1 aromatic heterocycles. The summed E-state index contributed by atoms with van der Waals surface area (Å²) in [5, 5.41) is 7.31. The number of nitrogens with two attached hydrogens (primary N) is 1. The van der Waals surface area contributed by atoms with Crippen molar-refractivity contribution in [1.82, 2.24) is 9.55 Å². The molecular formula is C5H3N5OS. The lowest BCUT2D eigenvalue weighted by atomic mass is 10.5. The number of azo groups is 1. The lowest BCUT2D eigenvalue weighted by Crippen LogP contribution is -2.15. The highest BCUT2D eigenvalue weighted by Gasteiger charge is 2.15. The fraction of sp³-hybridized carbons (Fsp3) is 0. The van der Waals surface area contributed by atoms with E-state index in [1.54, 1.807) is 0 Å². The van der Waals surface area contributed by atoms with Gasteiger partial charge in [-0.25, -0.2) is 4.57 Å². The molecule has 0 atom stereocenters. The minimum atomic E-state index is -0.442. The molecule has 0 aromatic carbocycles. The second-order valence-electron chi connectivity index (χ2n) is 2.14. The second kappa shape index (κ2) is 2.18. The average molecular weight is 181 g/mol. The van der Waals surface area contributed by atoms with Crippen molar-refractivity contribution in [1.29, 1.82) is 0 Å². The molecule has 0 unspecified atom stereocenters. The first-order valence-corrected chi connectivity index (χ1v) is 3.45. The van der Waals surface area contributed by atoms with Crippen LogP contribution < -0.4 is 11.3 Å². The Kier molecular flexibility index (Phi) is 1.28. The van der Waals surface area contributed by atoms with Gasteiger partial charge in [0.15, 0.2) is 0 Å². The van der Waals surface area contributed by atoms with Crippen molar-refractivity contribution in [2.24, 2.45) is 10.2 Å². The maximum Gasteiger partial charge on any atom is 0.276 e. The van der Waals surface area contributed by atoms with E-state index >= 15 is 0 Å². The van der Waals surface area contributed by atoms with Gasteiger partial charge in [-0.2, -0.15) is 4.98 Å². The largest absolute Gasteiger partial charge is 0.385 e. The smallest absolute Gasteiger partial charge is 0.276 e. The molecule has 2 heterocycles. The number of aromatic nitrogens is 2. The van der Waals surface area contributed by atoms with E-state index in [-0.39, 0.29) is 16.9 Å². The molecular weight excluding hydrogens is 178 g/mol. The molecule has 6 nitrogen and oxygen atoms in total. The van der Waals surface area contributed by atoms with Crippen molar-refractivity contribution < 1.29 is 0 Å². The van der Waals surface area contributed by atoms with Crippen LogP contribution in [0, 0.1) is 0 Å². The molecule has 0 radical (unpaired) electrons. The standard InChI is InChI=1S/C5H3N5OS/c6-2-1-3(11)7-4-8-9-5(12)10(2)4/h1H,6H2. The Morgan fingerprint density at radius 2 is 2.25 bits per heavy atom. The molecule has 0 fully saturated rings. The highest BCUT2D eigenvalue weighted by Crippen LogP contribution is 2.18. The number of thiocarbonyl (C=S) groups is 1. The van der Waals surface area contributed by atoms with Gasteiger partial charge in [0.2, 0.25) is 5.11 Å². The summed E-state index contributed by atoms with van der Waals surface area (Å²) in [5.41, 5.74) is 5.04. The van der Waals surface area contributed by atoms with Crippen LogP contribution in [0.1, 0.15) is 0 Å². The molecule has 12 heavy (non-hydrogen) atoms. The molecule has 0 amide bonds. The highest BCUT2D eigenvalue weighted by molar-refractivity contribution is 7.80. The number of hydrogen-bond acceptors (Lipinski definition) is 5. The predicted molar refractivity (Wildman–Crippen MR) is 45.4 cm³/mol. The number of nitrogens with zero attached hydrogens (tertiary/aromatic N) is 4. The van der Waals surface area contributed by atoms with Gasteiger partial charge in [0, 0.05) is 6.07 Å². The Hall–Kier alpha value is -1.63. The highest BCUT2D eigenvalue weighted by atomic mass is 32.1. The number of rotatable bonds is 0. The normalized spacial score (nSPS) is 13.5. The zero-order valence-electron chi connectivity index (χ0n) is 5.76. The summed E-state index contributed by atoms with van der Waals surface area (Å²) in [6, 6.07) is 1.17. The predicted octanol–water partition coefficient (Wildman–Crippen LogP) is 0.0558. The van der Waals surface area contributed by atoms with Gasteiger partial charge in [-0.3, -0.25) is 4.79 Å². The molecule has 7 heteroatoms. The van der Waals surface area contributed by atoms with Gasteiger partial charge in [0.25, 0.3) is 11.5 Å². The second-order valence-corrected chi connectivity index (χ2v) is 2.50. The van der Waals surface area contributed by atoms with E-state index in [2.05, 4.69) is 15.2 Å². The van der Waals surface area contributed by atoms with Crippen molar-refractivity contribution in [3.05, 3.63) is 16.4 Å². The summed E-state index contributed by atoms with van der Waals surface area (Å²) in [6.45, 7) is 0. The van der Waals surface area contributed by atoms with Gasteiger partial charge in [0.05, 0.1) is 0 Å². The van der Waals surface area contributed by atoms with Crippen LogP contribution in [0.5, 0.6) is 0 Å². The minimum absolute atomic E-state index is 0.144. The van der Waals surface area contributed by atoms with Crippen LogP contribution in [0.15, 0.2) is 21.1 Å². The number of fused-ring (bicyclic) bond motifs is 1. The topological polar surface area (TPSA) is 85.6 Å². The molecule has 1 aliphatic rings. The van der Waals surface area contributed by atoms with E-state index in [4.69, 9.17) is 18.0 Å². The Morgan fingerprint density at radius 1 is 1.50 bits per heavy atom. The van der Waals surface area contributed by atoms with Crippen molar-refractivity contribution in [2.75, 3.05) is 5.73 Å². The van der Waals surface area contributed by atoms with Crippen LogP contribution in [-0.4, -0.2) is 14.7 Å². The molecule has 1 aliphatic heterocycles. The van der Waals surface area contributed by atoms with Crippen LogP contribution in [-0.2, 0) is 0 Å². The first kappa shape index (κ1) is 7.04. The number of nitrogen functional groups attached to an aromatic ring is 1. The number of hydrogen-bond donors (Lipinski definition) is 1. The summed E-state index contributed by atoms with van der Waals surface area (Å²) in [4.78, 5) is 14.4. The van der Waals surface area contributed by atoms with Gasteiger partial charge < -0.3 is 5.73 Å². The zero-order chi connectivity index (χ0) is 8.72. The van der Waals surface area contributed by atoms with Crippen LogP contribution in [0.25, 0.3) is 0 Å². The van der Waals surface area contributed by atoms with Crippen LogP contribution in [0.4, 0.5) is 11.8 Å². The molecule has 0 saturated carbocycles. The molecule has 2 N–H and O–H groups in total. The third-order valence-corrected chi connectivity index (χ3v) is 1.62. The van der Waals surface area contributed by atoms with Gasteiger partial charge in [-0.05, 0) is 12.2 Å². The van der Waals surface area contributed by atoms with Gasteiger partial charge in [0.1, 0.15) is 5.82 Å². The van der Waals surface area contributed by atoms with E-state index in [0.717, 1.165) is 0 Å². The van der Waals surface area contributed by atoms with Gasteiger partial charge >= 0.3 is 0 Å². The monoisotopic (exact) mass is 181 g/mol. The van der Waals surface area contributed by atoms with Crippen molar-refractivity contribution in [3.63, 3.8) is 0 Å². The van der Waals surface area contributed by atoms with Crippen LogP contribution >= 0.6 is 12.2 Å². The molecule has 0 spiro atoms. The van der Waals surface area contributed by atoms with Crippen LogP contribution in [0.2, 0.25) is 0 Å². The van der Waals surface area contributed by atoms with Crippen LogP contribution in [0.3, 0.4) is 0 Å². The van der Waals surface area contributed by atoms with E-state index in [1.807, 2.05) is 0 Å². The maximum atomic E-state index is 10.8. The maximum absolute atomic E-state index is 10.8. The molecule has 0 saturated heterocycles. The van der Waals surface area contributed by atoms with E-state index in [1.165, 1.54) is 10.6 Å². The molecule has 1 aromatic rings. The van der Waals surface area contributed by atoms with Crippen molar-refractivity contribution in [2.45, 2.75) is 0 Å². The summed E-state index contributed by atoms with van der Waals surface area (Å²) in [5.74, 6) is 0.352. The Balaban J connectivity index is 2.83. The summed E-state index contributed by atoms with van der Waals surface area (Å²) < 4.78 is 1.33. The molecule has 2 rings (SSSR count). The quantitative estimate of drug-likeness (QED) is 0.573. The average Bonchev–Trinajstić information content (AvgIpc) is 2.31. The molecule has 60 valence electrons. The summed E-state index contributed by atoms with van der Waals surface area (Å²) >= 11 is 4.79. The third kappa shape index (κ3) is 0.832. The van der Waals surface area contributed by atoms with Gasteiger partial charge in [-0.15, -0.1) is 10.2 Å². The van der Waals surface area contributed by atoms with Crippen molar-refractivity contribution >= 4 is 29.1 Å². The lowest BCUT2D eigenvalue weighted by molar-refractivity contribution is 1.05.